The van der Waals surface area contributed by atoms with Crippen LogP contribution in [-0.4, -0.2) is 50.3 Å². The summed E-state index contributed by atoms with van der Waals surface area (Å²) >= 11 is 0. The predicted molar refractivity (Wildman–Crippen MR) is 199 cm³/mol. The number of amides is 2. The van der Waals surface area contributed by atoms with E-state index in [-0.39, 0.29) is 12.5 Å². The van der Waals surface area contributed by atoms with Crippen LogP contribution in [0.25, 0.3) is 22.3 Å². The van der Waals surface area contributed by atoms with E-state index in [9.17, 15) is 18.0 Å². The fourth-order valence-electron chi connectivity index (χ4n) is 6.50. The molecule has 9 nitrogen and oxygen atoms in total. The lowest BCUT2D eigenvalue weighted by Crippen LogP contribution is -2.28. The fraction of sp³-hybridized carbons (Fsp3) is 0.220. The van der Waals surface area contributed by atoms with E-state index in [0.29, 0.717) is 36.6 Å². The van der Waals surface area contributed by atoms with Gasteiger partial charge in [0.25, 0.3) is 16.0 Å². The molecule has 5 aromatic carbocycles. The number of hydrogen-bond donors (Lipinski definition) is 3. The van der Waals surface area contributed by atoms with Gasteiger partial charge >= 0.3 is 0 Å². The second kappa shape index (κ2) is 15.2. The van der Waals surface area contributed by atoms with Crippen molar-refractivity contribution in [2.75, 3.05) is 30.8 Å². The van der Waals surface area contributed by atoms with Gasteiger partial charge in [-0.25, -0.2) is 0 Å². The average molecular weight is 705 g/mol. The number of aryl methyl sites for hydroxylation is 3. The molecule has 2 amide bonds. The zero-order valence-electron chi connectivity index (χ0n) is 28.7. The van der Waals surface area contributed by atoms with E-state index in [1.165, 1.54) is 22.3 Å². The van der Waals surface area contributed by atoms with Crippen LogP contribution in [-0.2, 0) is 21.3 Å². The van der Waals surface area contributed by atoms with E-state index in [2.05, 4.69) is 43.5 Å². The van der Waals surface area contributed by atoms with Gasteiger partial charge in [-0.1, -0.05) is 72.3 Å². The first-order valence-corrected chi connectivity index (χ1v) is 18.4. The van der Waals surface area contributed by atoms with Crippen molar-refractivity contribution in [1.29, 1.82) is 0 Å². The topological polar surface area (TPSA) is 131 Å². The van der Waals surface area contributed by atoms with Crippen LogP contribution in [0.5, 0.6) is 11.5 Å². The highest BCUT2D eigenvalue weighted by molar-refractivity contribution is 7.85. The molecule has 1 heterocycles. The number of ether oxygens (including phenoxy) is 2. The molecular formula is C41H40N2O7S. The first-order chi connectivity index (χ1) is 24.4. The Balaban J connectivity index is 1.23. The van der Waals surface area contributed by atoms with Gasteiger partial charge in [0.2, 0.25) is 5.91 Å². The van der Waals surface area contributed by atoms with Crippen LogP contribution in [0.4, 0.5) is 5.69 Å². The van der Waals surface area contributed by atoms with Crippen molar-refractivity contribution in [3.05, 3.63) is 137 Å². The molecule has 0 aromatic heterocycles. The molecule has 3 N–H and O–H groups in total. The number of carbonyl (C=O) groups excluding carboxylic acids is 2. The van der Waals surface area contributed by atoms with Crippen molar-refractivity contribution in [3.8, 4) is 33.8 Å². The molecule has 0 saturated carbocycles. The predicted octanol–water partition coefficient (Wildman–Crippen LogP) is 7.30. The highest BCUT2D eigenvalue weighted by Gasteiger charge is 2.23. The molecule has 0 fully saturated rings. The first-order valence-electron chi connectivity index (χ1n) is 16.7. The number of benzene rings is 5. The Morgan fingerprint density at radius 3 is 2.00 bits per heavy atom. The van der Waals surface area contributed by atoms with Crippen molar-refractivity contribution in [2.24, 2.45) is 0 Å². The van der Waals surface area contributed by atoms with Crippen LogP contribution < -0.4 is 20.1 Å². The smallest absolute Gasteiger partial charge is 0.266 e. The van der Waals surface area contributed by atoms with Gasteiger partial charge in [-0.3, -0.25) is 14.1 Å². The molecule has 0 unspecified atom stereocenters. The summed E-state index contributed by atoms with van der Waals surface area (Å²) in [5.41, 5.74) is 10.5. The molecule has 51 heavy (non-hydrogen) atoms. The van der Waals surface area contributed by atoms with E-state index in [4.69, 9.17) is 14.0 Å². The summed E-state index contributed by atoms with van der Waals surface area (Å²) in [6.45, 7) is 7.12. The Hall–Kier alpha value is -5.45. The van der Waals surface area contributed by atoms with Gasteiger partial charge in [-0.2, -0.15) is 8.42 Å². The van der Waals surface area contributed by atoms with Crippen LogP contribution >= 0.6 is 0 Å². The molecule has 10 heteroatoms. The highest BCUT2D eigenvalue weighted by Crippen LogP contribution is 2.35. The van der Waals surface area contributed by atoms with Crippen LogP contribution in [0.3, 0.4) is 0 Å². The summed E-state index contributed by atoms with van der Waals surface area (Å²) in [6, 6.07) is 32.8. The summed E-state index contributed by atoms with van der Waals surface area (Å²) in [6.07, 6.45) is 0.361. The number of fused-ring (bicyclic) bond motifs is 1. The molecule has 0 bridgehead atoms. The minimum atomic E-state index is -4.19. The lowest BCUT2D eigenvalue weighted by Gasteiger charge is -2.20. The van der Waals surface area contributed by atoms with Crippen LogP contribution in [0.1, 0.15) is 44.1 Å². The molecule has 6 rings (SSSR count). The average Bonchev–Trinajstić information content (AvgIpc) is 3.10. The molecule has 1 aliphatic heterocycles. The Kier molecular flexibility index (Phi) is 10.5. The zero-order chi connectivity index (χ0) is 36.1. The molecule has 5 aromatic rings. The summed E-state index contributed by atoms with van der Waals surface area (Å²) < 4.78 is 42.4. The second-order valence-corrected chi connectivity index (χ2v) is 14.4. The monoisotopic (exact) mass is 704 g/mol. The quantitative estimate of drug-likeness (QED) is 0.123. The Labute approximate surface area is 298 Å². The summed E-state index contributed by atoms with van der Waals surface area (Å²) in [7, 11) is -4.19. The summed E-state index contributed by atoms with van der Waals surface area (Å²) in [5, 5.41) is 5.61. The van der Waals surface area contributed by atoms with Crippen molar-refractivity contribution in [3.63, 3.8) is 0 Å². The molecule has 262 valence electrons. The van der Waals surface area contributed by atoms with Crippen LogP contribution in [0, 0.1) is 20.8 Å². The molecule has 0 aliphatic carbocycles. The number of rotatable bonds is 11. The molecular weight excluding hydrogens is 665 g/mol. The van der Waals surface area contributed by atoms with Gasteiger partial charge < -0.3 is 20.1 Å². The third kappa shape index (κ3) is 8.83. The van der Waals surface area contributed by atoms with E-state index in [1.807, 2.05) is 66.7 Å². The molecule has 0 spiro atoms. The number of anilines is 1. The van der Waals surface area contributed by atoms with Gasteiger partial charge in [-0.15, -0.1) is 0 Å². The summed E-state index contributed by atoms with van der Waals surface area (Å²) in [5.74, 6) is -0.352. The minimum Gasteiger partial charge on any atom is -0.486 e. The number of hydrogen-bond acceptors (Lipinski definition) is 6. The van der Waals surface area contributed by atoms with Gasteiger partial charge in [-0.05, 0) is 108 Å². The van der Waals surface area contributed by atoms with Crippen LogP contribution in [0.2, 0.25) is 0 Å². The lowest BCUT2D eigenvalue weighted by molar-refractivity contribution is -0.117. The fourth-order valence-corrected chi connectivity index (χ4v) is 6.86. The first kappa shape index (κ1) is 35.4. The number of carbonyl (C=O) groups is 2. The Morgan fingerprint density at radius 1 is 0.745 bits per heavy atom. The number of nitrogens with one attached hydrogen (secondary N) is 2. The maximum Gasteiger partial charge on any atom is 0.266 e. The third-order valence-corrected chi connectivity index (χ3v) is 9.64. The zero-order valence-corrected chi connectivity index (χ0v) is 29.5. The highest BCUT2D eigenvalue weighted by atomic mass is 32.2. The van der Waals surface area contributed by atoms with E-state index in [1.54, 1.807) is 24.3 Å². The standard InChI is InChI=1S/C41H40N2O7S/c1-26-22-27(2)39(28(3)23-26)32-12-15-35(16-13-32)43-41(45)36(24-29-4-6-33(7-5-29)40(44)42-18-21-51(46,47)48)31-10-8-30(9-11-31)34-14-17-37-38(25-34)50-20-19-49-37/h4-17,22-23,25,36H,18-21,24H2,1-3H3,(H,42,44)(H,43,45)(H,46,47,48)/t36-/m1/s1. The van der Waals surface area contributed by atoms with E-state index in [0.717, 1.165) is 33.6 Å². The molecule has 0 radical (unpaired) electrons. The van der Waals surface area contributed by atoms with E-state index < -0.39 is 27.7 Å². The molecule has 0 saturated heterocycles. The summed E-state index contributed by atoms with van der Waals surface area (Å²) in [4.78, 5) is 26.6. The largest absolute Gasteiger partial charge is 0.486 e. The Bertz CT molecular complexity index is 2140. The maximum atomic E-state index is 14.0. The van der Waals surface area contributed by atoms with Crippen molar-refractivity contribution < 1.29 is 32.0 Å². The molecule has 1 aliphatic rings. The van der Waals surface area contributed by atoms with Crippen molar-refractivity contribution >= 4 is 27.6 Å². The van der Waals surface area contributed by atoms with Gasteiger partial charge in [0.15, 0.2) is 11.5 Å². The normalized spacial score (nSPS) is 12.9. The maximum absolute atomic E-state index is 14.0. The lowest BCUT2D eigenvalue weighted by atomic mass is 9.89. The van der Waals surface area contributed by atoms with Gasteiger partial charge in [0.1, 0.15) is 13.2 Å². The van der Waals surface area contributed by atoms with Crippen molar-refractivity contribution in [2.45, 2.75) is 33.1 Å². The van der Waals surface area contributed by atoms with Gasteiger partial charge in [0, 0.05) is 17.8 Å². The van der Waals surface area contributed by atoms with E-state index >= 15 is 0 Å². The third-order valence-electron chi connectivity index (χ3n) is 8.92. The molecule has 1 atom stereocenters. The van der Waals surface area contributed by atoms with Crippen molar-refractivity contribution in [1.82, 2.24) is 5.32 Å². The SMILES string of the molecule is Cc1cc(C)c(-c2ccc(NC(=O)[C@H](Cc3ccc(C(=O)NCCS(=O)(=O)O)cc3)c3ccc(-c4ccc5c(c4)OCCO5)cc3)cc2)c(C)c1. The second-order valence-electron chi connectivity index (χ2n) is 12.8. The van der Waals surface area contributed by atoms with Gasteiger partial charge in [0.05, 0.1) is 11.7 Å². The minimum absolute atomic E-state index is 0.176. The van der Waals surface area contributed by atoms with Crippen LogP contribution in [0.15, 0.2) is 103 Å². The Morgan fingerprint density at radius 2 is 1.35 bits per heavy atom.